The molecule has 0 unspecified atom stereocenters. The Morgan fingerprint density at radius 3 is 2.31 bits per heavy atom. The quantitative estimate of drug-likeness (QED) is 0.489. The Morgan fingerprint density at radius 2 is 1.62 bits per heavy atom. The van der Waals surface area contributed by atoms with Gasteiger partial charge in [-0.1, -0.05) is 41.7 Å². The van der Waals surface area contributed by atoms with Crippen LogP contribution >= 0.6 is 11.3 Å². The summed E-state index contributed by atoms with van der Waals surface area (Å²) in [6.45, 7) is 0.730. The van der Waals surface area contributed by atoms with E-state index in [1.54, 1.807) is 0 Å². The molecule has 0 saturated carbocycles. The molecule has 0 aliphatic heterocycles. The van der Waals surface area contributed by atoms with E-state index in [9.17, 15) is 18.0 Å². The summed E-state index contributed by atoms with van der Waals surface area (Å²) >= 11 is 1.17. The van der Waals surface area contributed by atoms with Crippen LogP contribution in [-0.4, -0.2) is 22.6 Å². The minimum absolute atomic E-state index is 0.114. The Morgan fingerprint density at radius 1 is 0.931 bits per heavy atom. The van der Waals surface area contributed by atoms with Gasteiger partial charge in [-0.3, -0.25) is 10.1 Å². The number of halogens is 3. The maximum atomic E-state index is 12.6. The van der Waals surface area contributed by atoms with Gasteiger partial charge in [0.05, 0.1) is 5.56 Å². The first-order valence-electron chi connectivity index (χ1n) is 9.02. The summed E-state index contributed by atoms with van der Waals surface area (Å²) in [7, 11) is 0. The first-order chi connectivity index (χ1) is 13.9. The Balaban J connectivity index is 1.43. The number of hydrogen-bond acceptors (Lipinski definition) is 5. The average molecular weight is 420 g/mol. The number of alkyl halides is 3. The predicted molar refractivity (Wildman–Crippen MR) is 107 cm³/mol. The molecule has 0 bridgehead atoms. The van der Waals surface area contributed by atoms with Crippen molar-refractivity contribution in [2.75, 3.05) is 17.2 Å². The topological polar surface area (TPSA) is 66.9 Å². The molecule has 2 N–H and O–H groups in total. The number of anilines is 2. The molecule has 0 spiro atoms. The lowest BCUT2D eigenvalue weighted by molar-refractivity contribution is -0.137. The molecule has 0 aliphatic carbocycles. The Bertz CT molecular complexity index is 927. The van der Waals surface area contributed by atoms with Crippen molar-refractivity contribution in [1.29, 1.82) is 0 Å². The number of carbonyl (C=O) groups excluding carboxylic acids is 1. The molecule has 0 saturated heterocycles. The van der Waals surface area contributed by atoms with Crippen molar-refractivity contribution >= 4 is 27.5 Å². The van der Waals surface area contributed by atoms with Crippen LogP contribution in [0.3, 0.4) is 0 Å². The third kappa shape index (κ3) is 6.28. The molecule has 1 heterocycles. The molecular weight excluding hydrogens is 401 g/mol. The van der Waals surface area contributed by atoms with E-state index in [-0.39, 0.29) is 10.7 Å². The highest BCUT2D eigenvalue weighted by Gasteiger charge is 2.30. The third-order valence-corrected chi connectivity index (χ3v) is 4.93. The lowest BCUT2D eigenvalue weighted by Gasteiger charge is -2.07. The van der Waals surface area contributed by atoms with Gasteiger partial charge < -0.3 is 5.32 Å². The van der Waals surface area contributed by atoms with Crippen LogP contribution < -0.4 is 10.6 Å². The van der Waals surface area contributed by atoms with Crippen LogP contribution in [0.1, 0.15) is 34.3 Å². The molecular formula is C20H19F3N4OS. The Hall–Kier alpha value is -2.94. The van der Waals surface area contributed by atoms with Gasteiger partial charge in [0.2, 0.25) is 10.3 Å². The fourth-order valence-electron chi connectivity index (χ4n) is 2.62. The second kappa shape index (κ2) is 9.51. The molecule has 29 heavy (non-hydrogen) atoms. The monoisotopic (exact) mass is 420 g/mol. The number of unbranched alkanes of at least 4 members (excludes halogenated alkanes) is 1. The largest absolute Gasteiger partial charge is 0.416 e. The average Bonchev–Trinajstić information content (AvgIpc) is 3.15. The predicted octanol–water partition coefficient (Wildman–Crippen LogP) is 5.24. The minimum atomic E-state index is -4.43. The van der Waals surface area contributed by atoms with Gasteiger partial charge in [-0.2, -0.15) is 13.2 Å². The number of nitrogens with zero attached hydrogens (tertiary/aromatic N) is 2. The number of rotatable bonds is 8. The van der Waals surface area contributed by atoms with Crippen molar-refractivity contribution < 1.29 is 18.0 Å². The molecule has 0 atom stereocenters. The second-order valence-corrected chi connectivity index (χ2v) is 7.29. The zero-order valence-corrected chi connectivity index (χ0v) is 16.2. The number of benzene rings is 2. The summed E-state index contributed by atoms with van der Waals surface area (Å²) in [4.78, 5) is 12.1. The van der Waals surface area contributed by atoms with Gasteiger partial charge >= 0.3 is 6.18 Å². The molecule has 2 aromatic carbocycles. The molecule has 0 aliphatic rings. The molecule has 5 nitrogen and oxygen atoms in total. The molecule has 1 aromatic heterocycles. The second-order valence-electron chi connectivity index (χ2n) is 6.31. The van der Waals surface area contributed by atoms with E-state index in [1.165, 1.54) is 16.9 Å². The first-order valence-corrected chi connectivity index (χ1v) is 9.83. The highest BCUT2D eigenvalue weighted by atomic mass is 32.1. The SMILES string of the molecule is O=C(Nc1nnc(NCCCCc2ccccc2)s1)c1ccc(C(F)(F)F)cc1. The smallest absolute Gasteiger partial charge is 0.360 e. The van der Waals surface area contributed by atoms with Crippen molar-refractivity contribution in [3.8, 4) is 0 Å². The number of aromatic nitrogens is 2. The standard InChI is InChI=1S/C20H19F3N4OS/c21-20(22,23)16-11-9-15(10-12-16)17(28)25-19-27-26-18(29-19)24-13-5-4-8-14-6-2-1-3-7-14/h1-3,6-7,9-12H,4-5,8,13H2,(H,24,26)(H,25,27,28). The van der Waals surface area contributed by atoms with Gasteiger partial charge in [0.25, 0.3) is 5.91 Å². The summed E-state index contributed by atoms with van der Waals surface area (Å²) in [6.07, 6.45) is -1.43. The van der Waals surface area contributed by atoms with Gasteiger partial charge in [0.15, 0.2) is 0 Å². The van der Waals surface area contributed by atoms with Crippen molar-refractivity contribution in [2.24, 2.45) is 0 Å². The van der Waals surface area contributed by atoms with Gasteiger partial charge in [0.1, 0.15) is 0 Å². The highest BCUT2D eigenvalue weighted by molar-refractivity contribution is 7.19. The maximum Gasteiger partial charge on any atom is 0.416 e. The van der Waals surface area contributed by atoms with Crippen molar-refractivity contribution in [3.05, 3.63) is 71.3 Å². The molecule has 0 fully saturated rings. The molecule has 9 heteroatoms. The van der Waals surface area contributed by atoms with E-state index in [2.05, 4.69) is 33.0 Å². The van der Waals surface area contributed by atoms with Crippen LogP contribution in [0.2, 0.25) is 0 Å². The van der Waals surface area contributed by atoms with E-state index < -0.39 is 17.6 Å². The zero-order valence-electron chi connectivity index (χ0n) is 15.4. The van der Waals surface area contributed by atoms with Gasteiger partial charge in [-0.15, -0.1) is 10.2 Å². The lowest BCUT2D eigenvalue weighted by atomic mass is 10.1. The zero-order chi connectivity index (χ0) is 20.7. The van der Waals surface area contributed by atoms with Gasteiger partial charge in [0, 0.05) is 12.1 Å². The van der Waals surface area contributed by atoms with Crippen molar-refractivity contribution in [2.45, 2.75) is 25.4 Å². The van der Waals surface area contributed by atoms with Crippen LogP contribution in [0.4, 0.5) is 23.4 Å². The number of aryl methyl sites for hydroxylation is 1. The van der Waals surface area contributed by atoms with Crippen LogP contribution in [0, 0.1) is 0 Å². The van der Waals surface area contributed by atoms with E-state index in [1.807, 2.05) is 18.2 Å². The molecule has 0 radical (unpaired) electrons. The van der Waals surface area contributed by atoms with E-state index >= 15 is 0 Å². The van der Waals surface area contributed by atoms with Crippen LogP contribution in [0.15, 0.2) is 54.6 Å². The van der Waals surface area contributed by atoms with Crippen molar-refractivity contribution in [3.63, 3.8) is 0 Å². The van der Waals surface area contributed by atoms with E-state index in [0.29, 0.717) is 5.13 Å². The molecule has 3 aromatic rings. The number of nitrogens with one attached hydrogen (secondary N) is 2. The summed E-state index contributed by atoms with van der Waals surface area (Å²) in [5.41, 5.74) is 0.615. The molecule has 152 valence electrons. The third-order valence-electron chi connectivity index (χ3n) is 4.13. The highest BCUT2D eigenvalue weighted by Crippen LogP contribution is 2.29. The lowest BCUT2D eigenvalue weighted by Crippen LogP contribution is -2.12. The maximum absolute atomic E-state index is 12.6. The number of hydrogen-bond donors (Lipinski definition) is 2. The van der Waals surface area contributed by atoms with Gasteiger partial charge in [-0.25, -0.2) is 0 Å². The summed E-state index contributed by atoms with van der Waals surface area (Å²) in [5.74, 6) is -0.538. The van der Waals surface area contributed by atoms with Gasteiger partial charge in [-0.05, 0) is 49.1 Å². The van der Waals surface area contributed by atoms with E-state index in [4.69, 9.17) is 0 Å². The summed E-state index contributed by atoms with van der Waals surface area (Å²) in [6, 6.07) is 14.2. The number of amides is 1. The van der Waals surface area contributed by atoms with Crippen molar-refractivity contribution in [1.82, 2.24) is 10.2 Å². The van der Waals surface area contributed by atoms with Crippen LogP contribution in [0.25, 0.3) is 0 Å². The minimum Gasteiger partial charge on any atom is -0.360 e. The number of carbonyl (C=O) groups is 1. The Labute approximate surface area is 170 Å². The molecule has 3 rings (SSSR count). The first kappa shape index (κ1) is 20.8. The fourth-order valence-corrected chi connectivity index (χ4v) is 3.28. The normalized spacial score (nSPS) is 11.3. The van der Waals surface area contributed by atoms with Crippen LogP contribution in [-0.2, 0) is 12.6 Å². The van der Waals surface area contributed by atoms with Crippen LogP contribution in [0.5, 0.6) is 0 Å². The molecule has 1 amide bonds. The summed E-state index contributed by atoms with van der Waals surface area (Å²) < 4.78 is 37.7. The summed E-state index contributed by atoms with van der Waals surface area (Å²) in [5, 5.41) is 14.4. The Kier molecular flexibility index (Phi) is 6.82. The van der Waals surface area contributed by atoms with E-state index in [0.717, 1.165) is 50.1 Å². The fraction of sp³-hybridized carbons (Fsp3) is 0.250.